The fourth-order valence-corrected chi connectivity index (χ4v) is 1.61. The van der Waals surface area contributed by atoms with Crippen molar-refractivity contribution in [2.24, 2.45) is 0 Å². The molecule has 11 heavy (non-hydrogen) atoms. The van der Waals surface area contributed by atoms with Crippen LogP contribution in [0.15, 0.2) is 10.8 Å². The van der Waals surface area contributed by atoms with Gasteiger partial charge in [0.15, 0.2) is 11.5 Å². The first-order valence-electron chi connectivity index (χ1n) is 3.40. The maximum Gasteiger partial charge on any atom is 0.200 e. The Balaban J connectivity index is 2.26. The van der Waals surface area contributed by atoms with E-state index >= 15 is 0 Å². The zero-order chi connectivity index (χ0) is 7.68. The lowest BCUT2D eigenvalue weighted by Gasteiger charge is -2.06. The van der Waals surface area contributed by atoms with Crippen molar-refractivity contribution >= 4 is 11.3 Å². The molecule has 1 N–H and O–H groups in total. The Bertz CT molecular complexity index is 246. The first kappa shape index (κ1) is 6.94. The summed E-state index contributed by atoms with van der Waals surface area (Å²) in [7, 11) is 0. The Morgan fingerprint density at radius 1 is 1.45 bits per heavy atom. The Morgan fingerprint density at radius 3 is 3.18 bits per heavy atom. The van der Waals surface area contributed by atoms with Crippen molar-refractivity contribution in [2.75, 3.05) is 6.61 Å². The SMILES string of the molecule is OC1CCOc2cscc2O1. The van der Waals surface area contributed by atoms with Gasteiger partial charge in [0.25, 0.3) is 0 Å². The molecule has 1 aliphatic rings. The van der Waals surface area contributed by atoms with E-state index in [9.17, 15) is 0 Å². The highest BCUT2D eigenvalue weighted by molar-refractivity contribution is 7.08. The Hall–Kier alpha value is -0.740. The topological polar surface area (TPSA) is 38.7 Å². The summed E-state index contributed by atoms with van der Waals surface area (Å²) in [6.07, 6.45) is -0.190. The number of aliphatic hydroxyl groups is 1. The zero-order valence-electron chi connectivity index (χ0n) is 5.82. The third kappa shape index (κ3) is 1.32. The molecule has 1 unspecified atom stereocenters. The fraction of sp³-hybridized carbons (Fsp3) is 0.429. The highest BCUT2D eigenvalue weighted by atomic mass is 32.1. The average Bonchev–Trinajstić information content (AvgIpc) is 2.31. The number of hydrogen-bond donors (Lipinski definition) is 1. The molecule has 0 spiro atoms. The molecule has 0 saturated heterocycles. The first-order chi connectivity index (χ1) is 5.36. The molecular formula is C7H8O3S. The van der Waals surface area contributed by atoms with E-state index in [1.165, 1.54) is 11.3 Å². The molecule has 1 aromatic heterocycles. The maximum absolute atomic E-state index is 9.16. The highest BCUT2D eigenvalue weighted by Crippen LogP contribution is 2.34. The van der Waals surface area contributed by atoms with E-state index in [1.807, 2.05) is 10.8 Å². The Kier molecular flexibility index (Phi) is 1.71. The van der Waals surface area contributed by atoms with Gasteiger partial charge in [-0.2, -0.15) is 0 Å². The minimum absolute atomic E-state index is 0.519. The van der Waals surface area contributed by atoms with Gasteiger partial charge in [0.2, 0.25) is 6.29 Å². The number of hydrogen-bond acceptors (Lipinski definition) is 4. The predicted molar refractivity (Wildman–Crippen MR) is 41.1 cm³/mol. The van der Waals surface area contributed by atoms with E-state index in [4.69, 9.17) is 14.6 Å². The van der Waals surface area contributed by atoms with Crippen molar-refractivity contribution in [3.05, 3.63) is 10.8 Å². The molecule has 0 bridgehead atoms. The summed E-state index contributed by atoms with van der Waals surface area (Å²) < 4.78 is 10.4. The molecular weight excluding hydrogens is 164 g/mol. The molecule has 0 saturated carbocycles. The van der Waals surface area contributed by atoms with Crippen molar-refractivity contribution in [3.63, 3.8) is 0 Å². The smallest absolute Gasteiger partial charge is 0.200 e. The van der Waals surface area contributed by atoms with Crippen LogP contribution in [0.3, 0.4) is 0 Å². The van der Waals surface area contributed by atoms with Crippen LogP contribution in [0.25, 0.3) is 0 Å². The molecule has 3 nitrogen and oxygen atoms in total. The van der Waals surface area contributed by atoms with Gasteiger partial charge in [0.05, 0.1) is 6.61 Å². The molecule has 1 atom stereocenters. The summed E-state index contributed by atoms with van der Waals surface area (Å²) in [6.45, 7) is 0.519. The number of fused-ring (bicyclic) bond motifs is 1. The minimum atomic E-state index is -0.717. The van der Waals surface area contributed by atoms with Gasteiger partial charge in [-0.1, -0.05) is 0 Å². The van der Waals surface area contributed by atoms with E-state index in [2.05, 4.69) is 0 Å². The lowest BCUT2D eigenvalue weighted by atomic mass is 10.4. The molecule has 60 valence electrons. The van der Waals surface area contributed by atoms with Gasteiger partial charge in [-0.3, -0.25) is 0 Å². The van der Waals surface area contributed by atoms with Crippen molar-refractivity contribution in [1.82, 2.24) is 0 Å². The van der Waals surface area contributed by atoms with Gasteiger partial charge in [-0.05, 0) is 0 Å². The molecule has 0 aromatic carbocycles. The van der Waals surface area contributed by atoms with Gasteiger partial charge in [0, 0.05) is 17.2 Å². The summed E-state index contributed by atoms with van der Waals surface area (Å²) in [5.74, 6) is 1.39. The lowest BCUT2D eigenvalue weighted by Crippen LogP contribution is -2.15. The van der Waals surface area contributed by atoms with E-state index in [1.54, 1.807) is 0 Å². The van der Waals surface area contributed by atoms with Crippen molar-refractivity contribution in [3.8, 4) is 11.5 Å². The van der Waals surface area contributed by atoms with Gasteiger partial charge in [0.1, 0.15) is 0 Å². The summed E-state index contributed by atoms with van der Waals surface area (Å²) in [5.41, 5.74) is 0. The molecule has 0 aliphatic carbocycles. The molecule has 0 fully saturated rings. The molecule has 1 aromatic rings. The van der Waals surface area contributed by atoms with Crippen LogP contribution in [0.2, 0.25) is 0 Å². The standard InChI is InChI=1S/C7H8O3S/c8-7-1-2-9-5-3-11-4-6(5)10-7/h3-4,7-8H,1-2H2. The summed E-state index contributed by atoms with van der Waals surface area (Å²) >= 11 is 1.51. The summed E-state index contributed by atoms with van der Waals surface area (Å²) in [6, 6.07) is 0. The normalized spacial score (nSPS) is 22.8. The van der Waals surface area contributed by atoms with Gasteiger partial charge in [-0.25, -0.2) is 0 Å². The Labute approximate surface area is 68.2 Å². The van der Waals surface area contributed by atoms with E-state index in [0.29, 0.717) is 18.8 Å². The van der Waals surface area contributed by atoms with Gasteiger partial charge < -0.3 is 14.6 Å². The highest BCUT2D eigenvalue weighted by Gasteiger charge is 2.16. The predicted octanol–water partition coefficient (Wildman–Crippen LogP) is 1.23. The second kappa shape index (κ2) is 2.71. The van der Waals surface area contributed by atoms with Gasteiger partial charge in [-0.15, -0.1) is 11.3 Å². The number of thiophene rings is 1. The minimum Gasteiger partial charge on any atom is -0.489 e. The van der Waals surface area contributed by atoms with Crippen molar-refractivity contribution < 1.29 is 14.6 Å². The van der Waals surface area contributed by atoms with Crippen LogP contribution in [0, 0.1) is 0 Å². The fourth-order valence-electron chi connectivity index (χ4n) is 0.940. The average molecular weight is 172 g/mol. The van der Waals surface area contributed by atoms with Crippen LogP contribution in [-0.2, 0) is 0 Å². The quantitative estimate of drug-likeness (QED) is 0.639. The monoisotopic (exact) mass is 172 g/mol. The first-order valence-corrected chi connectivity index (χ1v) is 4.34. The third-order valence-electron chi connectivity index (χ3n) is 1.48. The molecule has 0 radical (unpaired) electrons. The number of ether oxygens (including phenoxy) is 2. The number of aliphatic hydroxyl groups excluding tert-OH is 1. The van der Waals surface area contributed by atoms with Crippen LogP contribution in [0.1, 0.15) is 6.42 Å². The van der Waals surface area contributed by atoms with Crippen molar-refractivity contribution in [2.45, 2.75) is 12.7 Å². The maximum atomic E-state index is 9.16. The molecule has 1 aliphatic heterocycles. The van der Waals surface area contributed by atoms with Crippen LogP contribution in [-0.4, -0.2) is 18.0 Å². The van der Waals surface area contributed by atoms with Crippen molar-refractivity contribution in [1.29, 1.82) is 0 Å². The van der Waals surface area contributed by atoms with Crippen LogP contribution < -0.4 is 9.47 Å². The second-order valence-electron chi connectivity index (χ2n) is 2.31. The Morgan fingerprint density at radius 2 is 2.27 bits per heavy atom. The zero-order valence-corrected chi connectivity index (χ0v) is 6.63. The van der Waals surface area contributed by atoms with Crippen LogP contribution in [0.5, 0.6) is 11.5 Å². The summed E-state index contributed by atoms with van der Waals surface area (Å²) in [5, 5.41) is 12.8. The van der Waals surface area contributed by atoms with Gasteiger partial charge >= 0.3 is 0 Å². The van der Waals surface area contributed by atoms with E-state index in [0.717, 1.165) is 5.75 Å². The van der Waals surface area contributed by atoms with Crippen LogP contribution >= 0.6 is 11.3 Å². The summed E-state index contributed by atoms with van der Waals surface area (Å²) in [4.78, 5) is 0. The molecule has 2 heterocycles. The number of rotatable bonds is 0. The van der Waals surface area contributed by atoms with E-state index < -0.39 is 6.29 Å². The van der Waals surface area contributed by atoms with E-state index in [-0.39, 0.29) is 0 Å². The molecule has 0 amide bonds. The largest absolute Gasteiger partial charge is 0.489 e. The molecule has 2 rings (SSSR count). The third-order valence-corrected chi connectivity index (χ3v) is 2.18. The molecule has 4 heteroatoms. The van der Waals surface area contributed by atoms with Crippen LogP contribution in [0.4, 0.5) is 0 Å². The lowest BCUT2D eigenvalue weighted by molar-refractivity contribution is -0.0209. The second-order valence-corrected chi connectivity index (χ2v) is 3.05.